The first-order valence-electron chi connectivity index (χ1n) is 11.7. The van der Waals surface area contributed by atoms with Crippen LogP contribution in [0.5, 0.6) is 0 Å². The van der Waals surface area contributed by atoms with Crippen LogP contribution in [-0.4, -0.2) is 33.5 Å². The van der Waals surface area contributed by atoms with Gasteiger partial charge in [-0.1, -0.05) is 20.8 Å². The lowest BCUT2D eigenvalue weighted by molar-refractivity contribution is -0.174. The molecule has 28 heavy (non-hydrogen) atoms. The van der Waals surface area contributed by atoms with Crippen LogP contribution in [0.1, 0.15) is 85.0 Å². The van der Waals surface area contributed by atoms with Crippen molar-refractivity contribution in [2.75, 3.05) is 0 Å². The molecule has 5 unspecified atom stereocenters. The van der Waals surface area contributed by atoms with E-state index < -0.39 is 5.97 Å². The molecule has 0 aliphatic heterocycles. The third-order valence-corrected chi connectivity index (χ3v) is 10.2. The summed E-state index contributed by atoms with van der Waals surface area (Å²) >= 11 is 0. The summed E-state index contributed by atoms with van der Waals surface area (Å²) in [6.07, 6.45) is 9.19. The van der Waals surface area contributed by atoms with Gasteiger partial charge in [0, 0.05) is 6.42 Å². The molecule has 0 aromatic heterocycles. The zero-order valence-electron chi connectivity index (χ0n) is 17.9. The molecular formula is C24H40O4. The fourth-order valence-corrected chi connectivity index (χ4v) is 8.73. The van der Waals surface area contributed by atoms with E-state index in [4.69, 9.17) is 5.11 Å². The smallest absolute Gasteiger partial charge is 0.303 e. The van der Waals surface area contributed by atoms with Crippen LogP contribution in [0.15, 0.2) is 0 Å². The summed E-state index contributed by atoms with van der Waals surface area (Å²) in [6, 6.07) is 0. The fraction of sp³-hybridized carbons (Fsp3) is 0.958. The highest BCUT2D eigenvalue weighted by atomic mass is 16.4. The molecule has 10 atom stereocenters. The van der Waals surface area contributed by atoms with E-state index in [1.807, 2.05) is 0 Å². The van der Waals surface area contributed by atoms with Gasteiger partial charge < -0.3 is 15.3 Å². The van der Waals surface area contributed by atoms with Gasteiger partial charge in [0.25, 0.3) is 0 Å². The molecule has 0 heterocycles. The number of carboxylic acid groups (broad SMARTS) is 1. The summed E-state index contributed by atoms with van der Waals surface area (Å²) in [4.78, 5) is 11.1. The first kappa shape index (κ1) is 20.7. The Kier molecular flexibility index (Phi) is 5.36. The van der Waals surface area contributed by atoms with Crippen molar-refractivity contribution in [1.29, 1.82) is 0 Å². The molecule has 4 rings (SSSR count). The van der Waals surface area contributed by atoms with Gasteiger partial charge in [-0.2, -0.15) is 0 Å². The molecule has 4 heteroatoms. The van der Waals surface area contributed by atoms with Gasteiger partial charge in [-0.3, -0.25) is 4.79 Å². The standard InChI is InChI=1S/C24H40O4/c1-14(4-7-21(27)28)17-5-6-18-22-19(9-11-24(17,18)3)23(2)10-8-16(25)12-15(23)13-20(22)26/h14-20,22,25-26H,4-13H2,1-3H3,(H,27,28)/t14?,15-,16+,17+,18-,19?,20?,22-,23?,24?/m0/s1. The van der Waals surface area contributed by atoms with Gasteiger partial charge in [-0.15, -0.1) is 0 Å². The van der Waals surface area contributed by atoms with Gasteiger partial charge in [0.05, 0.1) is 12.2 Å². The SMILES string of the molecule is CC(CCC(=O)O)[C@H]1CC[C@H]2[C@@H]3C(O)C[C@@H]4C[C@H](O)CCC4(C)C3CCC12C. The van der Waals surface area contributed by atoms with Crippen molar-refractivity contribution in [2.45, 2.75) is 97.2 Å². The fourth-order valence-electron chi connectivity index (χ4n) is 8.73. The maximum atomic E-state index is 11.2. The van der Waals surface area contributed by atoms with Crippen LogP contribution in [0.3, 0.4) is 0 Å². The van der Waals surface area contributed by atoms with Crippen molar-refractivity contribution in [3.05, 3.63) is 0 Å². The Morgan fingerprint density at radius 1 is 1.00 bits per heavy atom. The largest absolute Gasteiger partial charge is 0.481 e. The van der Waals surface area contributed by atoms with E-state index in [0.29, 0.717) is 35.5 Å². The zero-order chi connectivity index (χ0) is 20.3. The molecule has 4 nitrogen and oxygen atoms in total. The van der Waals surface area contributed by atoms with Crippen molar-refractivity contribution in [1.82, 2.24) is 0 Å². The lowest BCUT2D eigenvalue weighted by atomic mass is 9.43. The second-order valence-electron chi connectivity index (χ2n) is 11.4. The first-order valence-corrected chi connectivity index (χ1v) is 11.7. The lowest BCUT2D eigenvalue weighted by Crippen LogP contribution is -2.58. The van der Waals surface area contributed by atoms with Crippen LogP contribution in [0.25, 0.3) is 0 Å². The molecule has 0 aromatic carbocycles. The summed E-state index contributed by atoms with van der Waals surface area (Å²) in [5, 5.41) is 30.5. The van der Waals surface area contributed by atoms with E-state index in [0.717, 1.165) is 32.1 Å². The molecule has 4 aliphatic rings. The van der Waals surface area contributed by atoms with Crippen molar-refractivity contribution < 1.29 is 20.1 Å². The van der Waals surface area contributed by atoms with E-state index in [2.05, 4.69) is 20.8 Å². The first-order chi connectivity index (χ1) is 13.2. The second-order valence-corrected chi connectivity index (χ2v) is 11.4. The maximum Gasteiger partial charge on any atom is 0.303 e. The number of hydrogen-bond donors (Lipinski definition) is 3. The molecule has 4 saturated carbocycles. The Balaban J connectivity index is 1.55. The minimum atomic E-state index is -0.684. The van der Waals surface area contributed by atoms with Crippen LogP contribution >= 0.6 is 0 Å². The topological polar surface area (TPSA) is 77.8 Å². The molecular weight excluding hydrogens is 352 g/mol. The Bertz CT molecular complexity index is 605. The molecule has 4 aliphatic carbocycles. The highest BCUT2D eigenvalue weighted by Gasteiger charge is 2.62. The number of carbonyl (C=O) groups is 1. The Morgan fingerprint density at radius 2 is 1.68 bits per heavy atom. The predicted molar refractivity (Wildman–Crippen MR) is 109 cm³/mol. The Hall–Kier alpha value is -0.610. The minimum Gasteiger partial charge on any atom is -0.481 e. The summed E-state index contributed by atoms with van der Waals surface area (Å²) in [7, 11) is 0. The van der Waals surface area contributed by atoms with Crippen molar-refractivity contribution in [3.8, 4) is 0 Å². The third-order valence-electron chi connectivity index (χ3n) is 10.2. The molecule has 0 bridgehead atoms. The third kappa shape index (κ3) is 3.14. The summed E-state index contributed by atoms with van der Waals surface area (Å²) in [6.45, 7) is 7.16. The molecule has 160 valence electrons. The number of rotatable bonds is 4. The minimum absolute atomic E-state index is 0.179. The van der Waals surface area contributed by atoms with E-state index in [1.54, 1.807) is 0 Å². The van der Waals surface area contributed by atoms with Gasteiger partial charge in [-0.25, -0.2) is 0 Å². The monoisotopic (exact) mass is 392 g/mol. The summed E-state index contributed by atoms with van der Waals surface area (Å²) in [5.41, 5.74) is 0.523. The Morgan fingerprint density at radius 3 is 2.39 bits per heavy atom. The van der Waals surface area contributed by atoms with Gasteiger partial charge in [-0.05, 0) is 104 Å². The lowest BCUT2D eigenvalue weighted by Gasteiger charge is -2.62. The summed E-state index contributed by atoms with van der Waals surface area (Å²) in [5.74, 6) is 2.36. The zero-order valence-corrected chi connectivity index (χ0v) is 17.9. The van der Waals surface area contributed by atoms with Gasteiger partial charge in [0.1, 0.15) is 0 Å². The number of aliphatic hydroxyl groups excluding tert-OH is 2. The molecule has 0 aromatic rings. The molecule has 3 N–H and O–H groups in total. The molecule has 0 saturated heterocycles. The summed E-state index contributed by atoms with van der Waals surface area (Å²) < 4.78 is 0. The highest BCUT2D eigenvalue weighted by Crippen LogP contribution is 2.68. The van der Waals surface area contributed by atoms with Crippen molar-refractivity contribution >= 4 is 5.97 Å². The molecule has 0 amide bonds. The van der Waals surface area contributed by atoms with Gasteiger partial charge >= 0.3 is 5.97 Å². The molecule has 4 fully saturated rings. The van der Waals surface area contributed by atoms with Crippen LogP contribution in [-0.2, 0) is 4.79 Å². The quantitative estimate of drug-likeness (QED) is 0.659. The van der Waals surface area contributed by atoms with Crippen molar-refractivity contribution in [2.24, 2.45) is 46.3 Å². The number of hydrogen-bond acceptors (Lipinski definition) is 3. The average Bonchev–Trinajstić information content (AvgIpc) is 2.98. The molecule has 0 spiro atoms. The number of aliphatic carboxylic acids is 1. The van der Waals surface area contributed by atoms with Gasteiger partial charge in [0.15, 0.2) is 0 Å². The average molecular weight is 393 g/mol. The van der Waals surface area contributed by atoms with Crippen LogP contribution in [0.4, 0.5) is 0 Å². The van der Waals surface area contributed by atoms with E-state index >= 15 is 0 Å². The van der Waals surface area contributed by atoms with Crippen LogP contribution < -0.4 is 0 Å². The normalized spacial score (nSPS) is 51.7. The number of fused-ring (bicyclic) bond motifs is 5. The highest BCUT2D eigenvalue weighted by molar-refractivity contribution is 5.66. The van der Waals surface area contributed by atoms with E-state index in [1.165, 1.54) is 25.7 Å². The number of aliphatic hydroxyl groups is 2. The second kappa shape index (κ2) is 7.27. The van der Waals surface area contributed by atoms with E-state index in [-0.39, 0.29) is 29.5 Å². The Labute approximate surface area is 170 Å². The predicted octanol–water partition coefficient (Wildman–Crippen LogP) is 4.48. The number of carboxylic acids is 1. The van der Waals surface area contributed by atoms with Crippen LogP contribution in [0, 0.1) is 46.3 Å². The van der Waals surface area contributed by atoms with Crippen molar-refractivity contribution in [3.63, 3.8) is 0 Å². The maximum absolute atomic E-state index is 11.2. The van der Waals surface area contributed by atoms with E-state index in [9.17, 15) is 15.0 Å². The van der Waals surface area contributed by atoms with Gasteiger partial charge in [0.2, 0.25) is 0 Å². The molecule has 0 radical (unpaired) electrons. The van der Waals surface area contributed by atoms with Crippen LogP contribution in [0.2, 0.25) is 0 Å².